The molecule has 0 saturated carbocycles. The molecule has 3 aromatic rings. The minimum absolute atomic E-state index is 0.234. The second-order valence-corrected chi connectivity index (χ2v) is 5.58. The number of aromatic amines is 1. The molecule has 0 saturated heterocycles. The molecule has 3 rings (SSSR count). The van der Waals surface area contributed by atoms with Crippen LogP contribution >= 0.6 is 11.8 Å². The topological polar surface area (TPSA) is 79.1 Å². The van der Waals surface area contributed by atoms with E-state index in [1.165, 1.54) is 11.8 Å². The van der Waals surface area contributed by atoms with E-state index in [1.54, 1.807) is 0 Å². The normalized spacial score (nSPS) is 10.9. The number of para-hydroxylation sites is 1. The van der Waals surface area contributed by atoms with Crippen LogP contribution in [0.4, 0.5) is 10.1 Å². The zero-order valence-electron chi connectivity index (χ0n) is 10.8. The Bertz CT molecular complexity index is 812. The molecule has 0 fully saturated rings. The van der Waals surface area contributed by atoms with Gasteiger partial charge in [-0.15, -0.1) is 0 Å². The minimum atomic E-state index is -1.33. The number of nitrogens with one attached hydrogen (secondary N) is 1. The largest absolute Gasteiger partial charge is 0.478 e. The van der Waals surface area contributed by atoms with Crippen LogP contribution in [-0.2, 0) is 0 Å². The van der Waals surface area contributed by atoms with Crippen molar-refractivity contribution in [2.24, 2.45) is 0 Å². The summed E-state index contributed by atoms with van der Waals surface area (Å²) in [5.74, 6) is -2.13. The third-order valence-corrected chi connectivity index (χ3v) is 4.07. The molecule has 0 aliphatic rings. The molecule has 2 aromatic carbocycles. The Labute approximate surface area is 123 Å². The molecule has 0 amide bonds. The summed E-state index contributed by atoms with van der Waals surface area (Å²) in [5.41, 5.74) is 6.59. The highest BCUT2D eigenvalue weighted by molar-refractivity contribution is 7.99. The zero-order chi connectivity index (χ0) is 15.0. The molecule has 0 spiro atoms. The maximum Gasteiger partial charge on any atom is 0.338 e. The number of carboxylic acid groups (broad SMARTS) is 1. The number of aromatic nitrogens is 1. The molecule has 6 heteroatoms. The Hall–Kier alpha value is -2.47. The van der Waals surface area contributed by atoms with E-state index in [0.717, 1.165) is 28.1 Å². The lowest BCUT2D eigenvalue weighted by Gasteiger charge is -2.06. The highest BCUT2D eigenvalue weighted by atomic mass is 32.2. The highest BCUT2D eigenvalue weighted by Gasteiger charge is 2.15. The van der Waals surface area contributed by atoms with Crippen LogP contribution in [0.15, 0.2) is 52.4 Å². The van der Waals surface area contributed by atoms with Crippen LogP contribution in [0, 0.1) is 5.82 Å². The number of H-pyrrole nitrogens is 1. The smallest absolute Gasteiger partial charge is 0.338 e. The average Bonchev–Trinajstić information content (AvgIpc) is 2.84. The van der Waals surface area contributed by atoms with Gasteiger partial charge in [0.15, 0.2) is 0 Å². The van der Waals surface area contributed by atoms with Gasteiger partial charge in [-0.05, 0) is 24.3 Å². The molecule has 4 nitrogen and oxygen atoms in total. The Balaban J connectivity index is 1.97. The van der Waals surface area contributed by atoms with Crippen LogP contribution in [0.2, 0.25) is 0 Å². The van der Waals surface area contributed by atoms with E-state index in [9.17, 15) is 9.18 Å². The lowest BCUT2D eigenvalue weighted by molar-refractivity contribution is 0.0692. The molecule has 106 valence electrons. The van der Waals surface area contributed by atoms with Gasteiger partial charge in [-0.3, -0.25) is 0 Å². The lowest BCUT2D eigenvalue weighted by Crippen LogP contribution is -2.03. The van der Waals surface area contributed by atoms with Crippen molar-refractivity contribution in [3.05, 3.63) is 53.8 Å². The molecule has 0 aliphatic carbocycles. The third kappa shape index (κ3) is 2.57. The van der Waals surface area contributed by atoms with Crippen LogP contribution in [0.5, 0.6) is 0 Å². The van der Waals surface area contributed by atoms with Gasteiger partial charge in [-0.2, -0.15) is 0 Å². The van der Waals surface area contributed by atoms with Crippen molar-refractivity contribution in [1.82, 2.24) is 4.98 Å². The summed E-state index contributed by atoms with van der Waals surface area (Å²) < 4.78 is 13.7. The van der Waals surface area contributed by atoms with Crippen molar-refractivity contribution in [2.45, 2.75) is 9.92 Å². The number of anilines is 1. The Morgan fingerprint density at radius 2 is 2.00 bits per heavy atom. The third-order valence-electron chi connectivity index (χ3n) is 3.06. The van der Waals surface area contributed by atoms with E-state index in [4.69, 9.17) is 10.8 Å². The zero-order valence-corrected chi connectivity index (χ0v) is 11.6. The predicted molar refractivity (Wildman–Crippen MR) is 80.2 cm³/mol. The molecule has 0 aliphatic heterocycles. The number of nitrogens with two attached hydrogens (primary N) is 1. The maximum absolute atomic E-state index is 13.7. The van der Waals surface area contributed by atoms with Gasteiger partial charge >= 0.3 is 5.97 Å². The molecule has 1 aromatic heterocycles. The first-order chi connectivity index (χ1) is 10.0. The number of hydrogen-bond acceptors (Lipinski definition) is 3. The maximum atomic E-state index is 13.7. The van der Waals surface area contributed by atoms with Gasteiger partial charge in [0.1, 0.15) is 5.82 Å². The van der Waals surface area contributed by atoms with E-state index in [-0.39, 0.29) is 5.69 Å². The standard InChI is InChI=1S/C15H11FN2O2S/c16-10-7-13(11(17)6-9(10)15(19)20)21-14-5-8-3-1-2-4-12(8)18-14/h1-7,18H,17H2,(H,19,20). The molecule has 0 bridgehead atoms. The molecule has 21 heavy (non-hydrogen) atoms. The number of hydrogen-bond donors (Lipinski definition) is 3. The van der Waals surface area contributed by atoms with Gasteiger partial charge in [-0.25, -0.2) is 9.18 Å². The summed E-state index contributed by atoms with van der Waals surface area (Å²) >= 11 is 1.26. The SMILES string of the molecule is Nc1cc(C(=O)O)c(F)cc1Sc1cc2ccccc2[nH]1. The summed E-state index contributed by atoms with van der Waals surface area (Å²) in [7, 11) is 0. The summed E-state index contributed by atoms with van der Waals surface area (Å²) in [6.45, 7) is 0. The monoisotopic (exact) mass is 302 g/mol. The van der Waals surface area contributed by atoms with Crippen LogP contribution < -0.4 is 5.73 Å². The lowest BCUT2D eigenvalue weighted by atomic mass is 10.2. The van der Waals surface area contributed by atoms with Crippen LogP contribution in [0.1, 0.15) is 10.4 Å². The van der Waals surface area contributed by atoms with E-state index in [2.05, 4.69) is 4.98 Å². The van der Waals surface area contributed by atoms with Gasteiger partial charge < -0.3 is 15.8 Å². The first-order valence-corrected chi connectivity index (χ1v) is 6.94. The summed E-state index contributed by atoms with van der Waals surface area (Å²) in [6.07, 6.45) is 0. The summed E-state index contributed by atoms with van der Waals surface area (Å²) in [5, 5.41) is 10.7. The predicted octanol–water partition coefficient (Wildman–Crippen LogP) is 3.74. The molecule has 1 heterocycles. The number of nitrogen functional groups attached to an aromatic ring is 1. The fraction of sp³-hybridized carbons (Fsp3) is 0. The highest BCUT2D eigenvalue weighted by Crippen LogP contribution is 2.34. The Kier molecular flexibility index (Phi) is 3.31. The summed E-state index contributed by atoms with van der Waals surface area (Å²) in [4.78, 5) is 14.5. The number of carbonyl (C=O) groups is 1. The fourth-order valence-corrected chi connectivity index (χ4v) is 2.97. The van der Waals surface area contributed by atoms with Crippen LogP contribution in [-0.4, -0.2) is 16.1 Å². The van der Waals surface area contributed by atoms with Crippen LogP contribution in [0.3, 0.4) is 0 Å². The van der Waals surface area contributed by atoms with Gasteiger partial charge in [0.2, 0.25) is 0 Å². The van der Waals surface area contributed by atoms with Crippen molar-refractivity contribution < 1.29 is 14.3 Å². The quantitative estimate of drug-likeness (QED) is 0.644. The molecule has 0 unspecified atom stereocenters. The number of carboxylic acids is 1. The Morgan fingerprint density at radius 3 is 2.71 bits per heavy atom. The van der Waals surface area contributed by atoms with Crippen molar-refractivity contribution in [2.75, 3.05) is 5.73 Å². The molecular formula is C15H11FN2O2S. The molecule has 4 N–H and O–H groups in total. The average molecular weight is 302 g/mol. The number of aromatic carboxylic acids is 1. The summed E-state index contributed by atoms with van der Waals surface area (Å²) in [6, 6.07) is 12.0. The van der Waals surface area contributed by atoms with Crippen molar-refractivity contribution >= 4 is 34.3 Å². The molecular weight excluding hydrogens is 291 g/mol. The van der Waals surface area contributed by atoms with Gasteiger partial charge in [0, 0.05) is 21.5 Å². The second-order valence-electron chi connectivity index (χ2n) is 4.50. The number of rotatable bonds is 3. The Morgan fingerprint density at radius 1 is 1.24 bits per heavy atom. The van der Waals surface area contributed by atoms with Gasteiger partial charge in [-0.1, -0.05) is 30.0 Å². The van der Waals surface area contributed by atoms with E-state index in [1.807, 2.05) is 30.3 Å². The molecule has 0 radical (unpaired) electrons. The second kappa shape index (κ2) is 5.14. The number of benzene rings is 2. The van der Waals surface area contributed by atoms with Crippen molar-refractivity contribution in [3.8, 4) is 0 Å². The minimum Gasteiger partial charge on any atom is -0.478 e. The van der Waals surface area contributed by atoms with Gasteiger partial charge in [0.25, 0.3) is 0 Å². The first-order valence-electron chi connectivity index (χ1n) is 6.12. The van der Waals surface area contributed by atoms with E-state index in [0.29, 0.717) is 4.90 Å². The number of halogens is 1. The van der Waals surface area contributed by atoms with Crippen molar-refractivity contribution in [1.29, 1.82) is 0 Å². The van der Waals surface area contributed by atoms with Crippen LogP contribution in [0.25, 0.3) is 10.9 Å². The van der Waals surface area contributed by atoms with Crippen molar-refractivity contribution in [3.63, 3.8) is 0 Å². The van der Waals surface area contributed by atoms with Gasteiger partial charge in [0.05, 0.1) is 10.6 Å². The van der Waals surface area contributed by atoms with E-state index >= 15 is 0 Å². The fourth-order valence-electron chi connectivity index (χ4n) is 2.04. The van der Waals surface area contributed by atoms with E-state index < -0.39 is 17.3 Å². The number of fused-ring (bicyclic) bond motifs is 1. The first kappa shape index (κ1) is 13.5. The molecule has 0 atom stereocenters.